The maximum absolute atomic E-state index is 12.4. The molecular formula is C14H19N3O3. The van der Waals surface area contributed by atoms with Crippen LogP contribution in [0.25, 0.3) is 0 Å². The molecule has 1 aliphatic heterocycles. The van der Waals surface area contributed by atoms with Crippen molar-refractivity contribution in [3.63, 3.8) is 0 Å². The van der Waals surface area contributed by atoms with Crippen LogP contribution in [0.3, 0.4) is 0 Å². The Balaban J connectivity index is 2.04. The van der Waals surface area contributed by atoms with Gasteiger partial charge in [0.15, 0.2) is 0 Å². The van der Waals surface area contributed by atoms with Crippen LogP contribution in [0.15, 0.2) is 18.2 Å². The molecule has 1 atom stereocenters. The first-order valence-electron chi connectivity index (χ1n) is 6.51. The lowest BCUT2D eigenvalue weighted by Crippen LogP contribution is -2.38. The van der Waals surface area contributed by atoms with Gasteiger partial charge < -0.3 is 20.7 Å². The first-order chi connectivity index (χ1) is 9.51. The SMILES string of the molecule is COC(=O)NC1CCN(C(=O)c2cc(C)ccc2N)C1. The van der Waals surface area contributed by atoms with Gasteiger partial charge >= 0.3 is 6.09 Å². The number of ether oxygens (including phenoxy) is 1. The molecule has 6 heteroatoms. The Hall–Kier alpha value is -2.24. The summed E-state index contributed by atoms with van der Waals surface area (Å²) in [5, 5.41) is 2.70. The minimum atomic E-state index is -0.473. The van der Waals surface area contributed by atoms with E-state index in [0.717, 1.165) is 5.56 Å². The van der Waals surface area contributed by atoms with Crippen LogP contribution in [0, 0.1) is 6.92 Å². The molecule has 1 heterocycles. The van der Waals surface area contributed by atoms with Crippen LogP contribution >= 0.6 is 0 Å². The number of likely N-dealkylation sites (tertiary alicyclic amines) is 1. The van der Waals surface area contributed by atoms with E-state index in [0.29, 0.717) is 30.8 Å². The Morgan fingerprint density at radius 3 is 2.90 bits per heavy atom. The van der Waals surface area contributed by atoms with E-state index in [1.54, 1.807) is 17.0 Å². The number of nitrogen functional groups attached to an aromatic ring is 1. The topological polar surface area (TPSA) is 84.7 Å². The van der Waals surface area contributed by atoms with E-state index in [2.05, 4.69) is 10.1 Å². The molecule has 0 aliphatic carbocycles. The average molecular weight is 277 g/mol. The van der Waals surface area contributed by atoms with Gasteiger partial charge in [-0.15, -0.1) is 0 Å². The number of nitrogens with zero attached hydrogens (tertiary/aromatic N) is 1. The van der Waals surface area contributed by atoms with Crippen LogP contribution < -0.4 is 11.1 Å². The molecule has 0 saturated carbocycles. The molecule has 1 aromatic carbocycles. The zero-order valence-electron chi connectivity index (χ0n) is 11.7. The fourth-order valence-corrected chi connectivity index (χ4v) is 2.31. The molecule has 0 spiro atoms. The number of amides is 2. The Labute approximate surface area is 117 Å². The van der Waals surface area contributed by atoms with E-state index < -0.39 is 6.09 Å². The number of hydrogen-bond acceptors (Lipinski definition) is 4. The molecule has 3 N–H and O–H groups in total. The van der Waals surface area contributed by atoms with Gasteiger partial charge in [0.05, 0.1) is 18.7 Å². The van der Waals surface area contributed by atoms with E-state index in [1.165, 1.54) is 7.11 Å². The molecule has 1 aromatic rings. The second kappa shape index (κ2) is 5.81. The fraction of sp³-hybridized carbons (Fsp3) is 0.429. The lowest BCUT2D eigenvalue weighted by atomic mass is 10.1. The highest BCUT2D eigenvalue weighted by molar-refractivity contribution is 5.99. The van der Waals surface area contributed by atoms with Crippen LogP contribution in [-0.4, -0.2) is 43.1 Å². The number of alkyl carbamates (subject to hydrolysis) is 1. The van der Waals surface area contributed by atoms with Crippen molar-refractivity contribution in [1.29, 1.82) is 0 Å². The maximum Gasteiger partial charge on any atom is 0.407 e. The highest BCUT2D eigenvalue weighted by Gasteiger charge is 2.28. The molecule has 0 aromatic heterocycles. The van der Waals surface area contributed by atoms with Crippen molar-refractivity contribution in [2.24, 2.45) is 0 Å². The van der Waals surface area contributed by atoms with Crippen LogP contribution in [0.1, 0.15) is 22.3 Å². The molecule has 108 valence electrons. The number of methoxy groups -OCH3 is 1. The molecule has 2 amide bonds. The van der Waals surface area contributed by atoms with E-state index in [1.807, 2.05) is 13.0 Å². The molecule has 20 heavy (non-hydrogen) atoms. The summed E-state index contributed by atoms with van der Waals surface area (Å²) in [6, 6.07) is 5.33. The van der Waals surface area contributed by atoms with Crippen molar-refractivity contribution in [2.45, 2.75) is 19.4 Å². The maximum atomic E-state index is 12.4. The number of anilines is 1. The van der Waals surface area contributed by atoms with Crippen molar-refractivity contribution in [3.05, 3.63) is 29.3 Å². The minimum absolute atomic E-state index is 0.0718. The minimum Gasteiger partial charge on any atom is -0.453 e. The highest BCUT2D eigenvalue weighted by atomic mass is 16.5. The molecule has 1 saturated heterocycles. The van der Waals surface area contributed by atoms with Gasteiger partial charge in [0, 0.05) is 18.8 Å². The van der Waals surface area contributed by atoms with Gasteiger partial charge in [-0.1, -0.05) is 11.6 Å². The number of nitrogens with two attached hydrogens (primary N) is 1. The normalized spacial score (nSPS) is 17.9. The standard InChI is InChI=1S/C14H19N3O3/c1-9-3-4-12(15)11(7-9)13(18)17-6-5-10(8-17)16-14(19)20-2/h3-4,7,10H,5-6,8,15H2,1-2H3,(H,16,19). The fourth-order valence-electron chi connectivity index (χ4n) is 2.31. The highest BCUT2D eigenvalue weighted by Crippen LogP contribution is 2.19. The third kappa shape index (κ3) is 3.01. The number of rotatable bonds is 2. The van der Waals surface area contributed by atoms with Crippen molar-refractivity contribution in [1.82, 2.24) is 10.2 Å². The zero-order valence-corrected chi connectivity index (χ0v) is 11.7. The summed E-state index contributed by atoms with van der Waals surface area (Å²) in [6.07, 6.45) is 0.242. The van der Waals surface area contributed by atoms with Crippen molar-refractivity contribution in [2.75, 3.05) is 25.9 Å². The second-order valence-corrected chi connectivity index (χ2v) is 4.96. The first-order valence-corrected chi connectivity index (χ1v) is 6.51. The van der Waals surface area contributed by atoms with Crippen LogP contribution in [0.2, 0.25) is 0 Å². The predicted molar refractivity (Wildman–Crippen MR) is 75.4 cm³/mol. The Kier molecular flexibility index (Phi) is 4.12. The number of hydrogen-bond donors (Lipinski definition) is 2. The van der Waals surface area contributed by atoms with Crippen molar-refractivity contribution < 1.29 is 14.3 Å². The van der Waals surface area contributed by atoms with Gasteiger partial charge in [-0.25, -0.2) is 4.79 Å². The third-order valence-electron chi connectivity index (χ3n) is 3.42. The molecule has 1 fully saturated rings. The molecule has 6 nitrogen and oxygen atoms in total. The van der Waals surface area contributed by atoms with Crippen molar-refractivity contribution in [3.8, 4) is 0 Å². The van der Waals surface area contributed by atoms with E-state index in [4.69, 9.17) is 5.73 Å². The number of aryl methyl sites for hydroxylation is 1. The Morgan fingerprint density at radius 1 is 1.45 bits per heavy atom. The largest absolute Gasteiger partial charge is 0.453 e. The molecule has 0 bridgehead atoms. The monoisotopic (exact) mass is 277 g/mol. The van der Waals surface area contributed by atoms with Gasteiger partial charge in [0.2, 0.25) is 0 Å². The number of nitrogens with one attached hydrogen (secondary N) is 1. The number of carbonyl (C=O) groups excluding carboxylic acids is 2. The molecule has 1 aliphatic rings. The third-order valence-corrected chi connectivity index (χ3v) is 3.42. The second-order valence-electron chi connectivity index (χ2n) is 4.96. The lowest BCUT2D eigenvalue weighted by Gasteiger charge is -2.18. The lowest BCUT2D eigenvalue weighted by molar-refractivity contribution is 0.0789. The van der Waals surface area contributed by atoms with Gasteiger partial charge in [-0.3, -0.25) is 4.79 Å². The van der Waals surface area contributed by atoms with Gasteiger partial charge in [-0.2, -0.15) is 0 Å². The summed E-state index contributed by atoms with van der Waals surface area (Å²) in [5.74, 6) is -0.0969. The summed E-state index contributed by atoms with van der Waals surface area (Å²) in [4.78, 5) is 25.3. The summed E-state index contributed by atoms with van der Waals surface area (Å²) in [5.41, 5.74) is 7.84. The van der Waals surface area contributed by atoms with Gasteiger partial charge in [0.25, 0.3) is 5.91 Å². The molecule has 2 rings (SSSR count). The van der Waals surface area contributed by atoms with Crippen molar-refractivity contribution >= 4 is 17.7 Å². The summed E-state index contributed by atoms with van der Waals surface area (Å²) in [7, 11) is 1.32. The predicted octanol–water partition coefficient (Wildman–Crippen LogP) is 1.15. The summed E-state index contributed by atoms with van der Waals surface area (Å²) < 4.78 is 4.55. The molecular weight excluding hydrogens is 258 g/mol. The average Bonchev–Trinajstić information content (AvgIpc) is 2.89. The molecule has 0 radical (unpaired) electrons. The van der Waals surface area contributed by atoms with Crippen LogP contribution in [0.5, 0.6) is 0 Å². The summed E-state index contributed by atoms with van der Waals surface area (Å²) >= 11 is 0. The zero-order chi connectivity index (χ0) is 14.7. The Bertz CT molecular complexity index is 530. The van der Waals surface area contributed by atoms with Crippen LogP contribution in [-0.2, 0) is 4.74 Å². The van der Waals surface area contributed by atoms with E-state index in [-0.39, 0.29) is 11.9 Å². The van der Waals surface area contributed by atoms with Gasteiger partial charge in [0.1, 0.15) is 0 Å². The van der Waals surface area contributed by atoms with Gasteiger partial charge in [-0.05, 0) is 25.5 Å². The number of benzene rings is 1. The summed E-state index contributed by atoms with van der Waals surface area (Å²) in [6.45, 7) is 2.99. The first kappa shape index (κ1) is 14.2. The van der Waals surface area contributed by atoms with Crippen LogP contribution in [0.4, 0.5) is 10.5 Å². The Morgan fingerprint density at radius 2 is 2.20 bits per heavy atom. The quantitative estimate of drug-likeness (QED) is 0.794. The molecule has 1 unspecified atom stereocenters. The van der Waals surface area contributed by atoms with E-state index >= 15 is 0 Å². The number of carbonyl (C=O) groups is 2. The van der Waals surface area contributed by atoms with E-state index in [9.17, 15) is 9.59 Å². The smallest absolute Gasteiger partial charge is 0.407 e.